The van der Waals surface area contributed by atoms with Gasteiger partial charge in [-0.1, -0.05) is 0 Å². The zero-order valence-electron chi connectivity index (χ0n) is 10.2. The van der Waals surface area contributed by atoms with Crippen molar-refractivity contribution in [2.24, 2.45) is 7.05 Å². The molecule has 5 heteroatoms. The molecule has 2 aromatic rings. The average Bonchev–Trinajstić information content (AvgIpc) is 2.59. The van der Waals surface area contributed by atoms with E-state index in [0.29, 0.717) is 35.7 Å². The molecule has 18 heavy (non-hydrogen) atoms. The van der Waals surface area contributed by atoms with Gasteiger partial charge < -0.3 is 19.1 Å². The number of nitrogens with zero attached hydrogens (tertiary/aromatic N) is 1. The molecule has 0 atom stereocenters. The number of carbonyl (C=O) groups is 1. The van der Waals surface area contributed by atoms with Crippen molar-refractivity contribution in [1.82, 2.24) is 4.57 Å². The van der Waals surface area contributed by atoms with Crippen LogP contribution >= 0.6 is 0 Å². The number of aryl methyl sites for hydroxylation is 1. The lowest BCUT2D eigenvalue weighted by Crippen LogP contribution is -2.15. The van der Waals surface area contributed by atoms with Gasteiger partial charge >= 0.3 is 5.97 Å². The maximum absolute atomic E-state index is 11.3. The van der Waals surface area contributed by atoms with E-state index in [1.807, 2.05) is 17.7 Å². The summed E-state index contributed by atoms with van der Waals surface area (Å²) in [4.78, 5) is 11.3. The quantitative estimate of drug-likeness (QED) is 0.836. The third-order valence-electron chi connectivity index (χ3n) is 3.37. The summed E-state index contributed by atoms with van der Waals surface area (Å²) in [6.45, 7) is 2.81. The fourth-order valence-electron chi connectivity index (χ4n) is 2.37. The van der Waals surface area contributed by atoms with E-state index in [1.165, 1.54) is 0 Å². The third kappa shape index (κ3) is 1.37. The molecule has 1 aromatic carbocycles. The highest BCUT2D eigenvalue weighted by atomic mass is 16.6. The van der Waals surface area contributed by atoms with E-state index in [0.717, 1.165) is 11.2 Å². The number of benzene rings is 1. The largest absolute Gasteiger partial charge is 0.486 e. The van der Waals surface area contributed by atoms with E-state index in [1.54, 1.807) is 13.0 Å². The van der Waals surface area contributed by atoms with Crippen LogP contribution in [0.4, 0.5) is 0 Å². The number of carboxylic acid groups (broad SMARTS) is 1. The topological polar surface area (TPSA) is 60.7 Å². The highest BCUT2D eigenvalue weighted by Gasteiger charge is 2.21. The van der Waals surface area contributed by atoms with Gasteiger partial charge in [0, 0.05) is 24.2 Å². The zero-order valence-corrected chi connectivity index (χ0v) is 10.2. The molecule has 1 aliphatic heterocycles. The minimum absolute atomic E-state index is 0.324. The van der Waals surface area contributed by atoms with Gasteiger partial charge in [0.2, 0.25) is 0 Å². The fraction of sp³-hybridized carbons (Fsp3) is 0.308. The molecule has 0 saturated carbocycles. The van der Waals surface area contributed by atoms with Crippen molar-refractivity contribution >= 4 is 16.9 Å². The minimum Gasteiger partial charge on any atom is -0.486 e. The van der Waals surface area contributed by atoms with E-state index in [9.17, 15) is 9.90 Å². The van der Waals surface area contributed by atoms with Crippen molar-refractivity contribution in [3.8, 4) is 11.5 Å². The molecule has 0 aliphatic carbocycles. The molecule has 0 fully saturated rings. The fourth-order valence-corrected chi connectivity index (χ4v) is 2.37. The number of aromatic carboxylic acids is 1. The summed E-state index contributed by atoms with van der Waals surface area (Å²) < 4.78 is 12.9. The molecule has 0 radical (unpaired) electrons. The van der Waals surface area contributed by atoms with Gasteiger partial charge in [0.1, 0.15) is 13.2 Å². The van der Waals surface area contributed by atoms with Crippen molar-refractivity contribution in [1.29, 1.82) is 0 Å². The Balaban J connectivity index is 2.37. The van der Waals surface area contributed by atoms with Gasteiger partial charge in [0.25, 0.3) is 0 Å². The standard InChI is InChI=1S/C13H13NO4/c1-7-12(13(15)16)8-5-10-11(18-4-3-17-10)6-9(8)14(7)2/h5-6H,3-4H2,1-2H3,(H,15,16). The Bertz CT molecular complexity index is 657. The summed E-state index contributed by atoms with van der Waals surface area (Å²) in [5, 5.41) is 9.98. The first-order chi connectivity index (χ1) is 8.59. The number of aromatic nitrogens is 1. The van der Waals surface area contributed by atoms with Gasteiger partial charge in [-0.05, 0) is 13.0 Å². The summed E-state index contributed by atoms with van der Waals surface area (Å²) in [7, 11) is 1.85. The normalized spacial score (nSPS) is 13.9. The Kier molecular flexibility index (Phi) is 2.23. The summed E-state index contributed by atoms with van der Waals surface area (Å²) in [5.41, 5.74) is 1.89. The van der Waals surface area contributed by atoms with Crippen molar-refractivity contribution in [3.63, 3.8) is 0 Å². The van der Waals surface area contributed by atoms with Crippen molar-refractivity contribution in [2.45, 2.75) is 6.92 Å². The van der Waals surface area contributed by atoms with Gasteiger partial charge in [-0.15, -0.1) is 0 Å². The molecular formula is C13H13NO4. The Morgan fingerprint density at radius 1 is 1.28 bits per heavy atom. The molecule has 0 amide bonds. The first-order valence-electron chi connectivity index (χ1n) is 5.71. The Labute approximate surface area is 104 Å². The first-order valence-corrected chi connectivity index (χ1v) is 5.71. The van der Waals surface area contributed by atoms with Crippen molar-refractivity contribution in [2.75, 3.05) is 13.2 Å². The summed E-state index contributed by atoms with van der Waals surface area (Å²) >= 11 is 0. The van der Waals surface area contributed by atoms with Gasteiger partial charge in [-0.25, -0.2) is 4.79 Å². The Morgan fingerprint density at radius 2 is 1.89 bits per heavy atom. The van der Waals surface area contributed by atoms with Crippen LogP contribution in [0, 0.1) is 6.92 Å². The number of ether oxygens (including phenoxy) is 2. The zero-order chi connectivity index (χ0) is 12.9. The van der Waals surface area contributed by atoms with Gasteiger partial charge in [-0.3, -0.25) is 0 Å². The van der Waals surface area contributed by atoms with Crippen LogP contribution in [0.5, 0.6) is 11.5 Å². The number of carboxylic acids is 1. The monoisotopic (exact) mass is 247 g/mol. The van der Waals surface area contributed by atoms with Crippen molar-refractivity contribution in [3.05, 3.63) is 23.4 Å². The second kappa shape index (κ2) is 3.66. The van der Waals surface area contributed by atoms with E-state index < -0.39 is 5.97 Å². The molecule has 1 aromatic heterocycles. The lowest BCUT2D eigenvalue weighted by atomic mass is 10.1. The van der Waals surface area contributed by atoms with Crippen LogP contribution in [-0.4, -0.2) is 28.9 Å². The molecule has 94 valence electrons. The van der Waals surface area contributed by atoms with Crippen LogP contribution in [0.15, 0.2) is 12.1 Å². The second-order valence-electron chi connectivity index (χ2n) is 4.34. The number of hydrogen-bond acceptors (Lipinski definition) is 3. The molecule has 0 saturated heterocycles. The molecule has 2 heterocycles. The average molecular weight is 247 g/mol. The molecular weight excluding hydrogens is 234 g/mol. The Hall–Kier alpha value is -2.17. The molecule has 3 rings (SSSR count). The van der Waals surface area contributed by atoms with Gasteiger partial charge in [0.15, 0.2) is 11.5 Å². The maximum atomic E-state index is 11.3. The molecule has 0 unspecified atom stereocenters. The molecule has 1 N–H and O–H groups in total. The molecule has 5 nitrogen and oxygen atoms in total. The predicted molar refractivity (Wildman–Crippen MR) is 65.6 cm³/mol. The number of fused-ring (bicyclic) bond motifs is 2. The van der Waals surface area contributed by atoms with E-state index in [-0.39, 0.29) is 0 Å². The Morgan fingerprint density at radius 3 is 2.50 bits per heavy atom. The first kappa shape index (κ1) is 11.0. The highest BCUT2D eigenvalue weighted by Crippen LogP contribution is 2.37. The van der Waals surface area contributed by atoms with Crippen LogP contribution in [0.1, 0.15) is 16.1 Å². The van der Waals surface area contributed by atoms with Crippen LogP contribution < -0.4 is 9.47 Å². The van der Waals surface area contributed by atoms with E-state index in [4.69, 9.17) is 9.47 Å². The van der Waals surface area contributed by atoms with Crippen LogP contribution in [0.2, 0.25) is 0 Å². The highest BCUT2D eigenvalue weighted by molar-refractivity contribution is 6.06. The van der Waals surface area contributed by atoms with Gasteiger partial charge in [0.05, 0.1) is 11.1 Å². The SMILES string of the molecule is Cc1c(C(=O)O)c2cc3c(cc2n1C)OCCO3. The number of hydrogen-bond donors (Lipinski definition) is 1. The summed E-state index contributed by atoms with van der Waals surface area (Å²) in [6, 6.07) is 3.59. The predicted octanol–water partition coefficient (Wildman–Crippen LogP) is 1.96. The minimum atomic E-state index is -0.922. The van der Waals surface area contributed by atoms with Crippen LogP contribution in [-0.2, 0) is 7.05 Å². The van der Waals surface area contributed by atoms with E-state index in [2.05, 4.69) is 0 Å². The smallest absolute Gasteiger partial charge is 0.338 e. The summed E-state index contributed by atoms with van der Waals surface area (Å²) in [6.07, 6.45) is 0. The van der Waals surface area contributed by atoms with Gasteiger partial charge in [-0.2, -0.15) is 0 Å². The summed E-state index contributed by atoms with van der Waals surface area (Å²) in [5.74, 6) is 0.364. The van der Waals surface area contributed by atoms with E-state index >= 15 is 0 Å². The lowest BCUT2D eigenvalue weighted by molar-refractivity contribution is 0.0698. The lowest BCUT2D eigenvalue weighted by Gasteiger charge is -2.18. The molecule has 1 aliphatic rings. The van der Waals surface area contributed by atoms with Crippen LogP contribution in [0.25, 0.3) is 10.9 Å². The van der Waals surface area contributed by atoms with Crippen LogP contribution in [0.3, 0.4) is 0 Å². The molecule has 0 spiro atoms. The third-order valence-corrected chi connectivity index (χ3v) is 3.37. The maximum Gasteiger partial charge on any atom is 0.338 e. The second-order valence-corrected chi connectivity index (χ2v) is 4.34. The molecule has 0 bridgehead atoms. The number of rotatable bonds is 1. The van der Waals surface area contributed by atoms with Crippen molar-refractivity contribution < 1.29 is 19.4 Å².